The lowest BCUT2D eigenvalue weighted by Gasteiger charge is -2.35. The molecule has 1 atom stereocenters. The van der Waals surface area contributed by atoms with Gasteiger partial charge in [-0.2, -0.15) is 0 Å². The van der Waals surface area contributed by atoms with E-state index in [2.05, 4.69) is 17.6 Å². The molecule has 0 spiro atoms. The summed E-state index contributed by atoms with van der Waals surface area (Å²) in [7, 11) is 0. The smallest absolute Gasteiger partial charge is 0.317 e. The summed E-state index contributed by atoms with van der Waals surface area (Å²) in [5.41, 5.74) is 1.86. The molecule has 0 bridgehead atoms. The van der Waals surface area contributed by atoms with Gasteiger partial charge in [-0.15, -0.1) is 0 Å². The van der Waals surface area contributed by atoms with Gasteiger partial charge < -0.3 is 15.5 Å². The Balaban J connectivity index is 1.48. The Bertz CT molecular complexity index is 581. The molecule has 5 heteroatoms. The van der Waals surface area contributed by atoms with Crippen molar-refractivity contribution in [1.29, 1.82) is 0 Å². The third-order valence-corrected chi connectivity index (χ3v) is 4.97. The van der Waals surface area contributed by atoms with Crippen molar-refractivity contribution >= 4 is 17.6 Å². The van der Waals surface area contributed by atoms with E-state index in [0.29, 0.717) is 12.6 Å². The van der Waals surface area contributed by atoms with Crippen LogP contribution >= 0.6 is 0 Å². The fourth-order valence-electron chi connectivity index (χ4n) is 3.27. The van der Waals surface area contributed by atoms with Gasteiger partial charge in [-0.25, -0.2) is 4.79 Å². The van der Waals surface area contributed by atoms with Crippen molar-refractivity contribution in [3.63, 3.8) is 0 Å². The maximum atomic E-state index is 12.4. The Morgan fingerprint density at radius 2 is 1.88 bits per heavy atom. The van der Waals surface area contributed by atoms with Crippen LogP contribution in [0.15, 0.2) is 24.3 Å². The molecule has 0 radical (unpaired) electrons. The number of carbonyl (C=O) groups excluding carboxylic acids is 2. The van der Waals surface area contributed by atoms with E-state index in [-0.39, 0.29) is 17.9 Å². The van der Waals surface area contributed by atoms with Crippen molar-refractivity contribution in [1.82, 2.24) is 10.2 Å². The number of nitrogens with one attached hydrogen (secondary N) is 2. The molecule has 3 rings (SSSR count). The lowest BCUT2D eigenvalue weighted by Crippen LogP contribution is -2.48. The fraction of sp³-hybridized carbons (Fsp3) is 0.579. The molecule has 2 fully saturated rings. The van der Waals surface area contributed by atoms with Crippen LogP contribution in [0.25, 0.3) is 0 Å². The fourth-order valence-corrected chi connectivity index (χ4v) is 3.27. The lowest BCUT2D eigenvalue weighted by molar-refractivity contribution is -0.117. The average molecular weight is 329 g/mol. The van der Waals surface area contributed by atoms with Gasteiger partial charge in [0.2, 0.25) is 5.91 Å². The zero-order chi connectivity index (χ0) is 16.9. The first-order chi connectivity index (χ1) is 11.7. The largest absolute Gasteiger partial charge is 0.334 e. The van der Waals surface area contributed by atoms with Crippen molar-refractivity contribution in [2.24, 2.45) is 5.92 Å². The molecule has 0 aromatic heterocycles. The number of rotatable bonds is 5. The van der Waals surface area contributed by atoms with Gasteiger partial charge in [0.05, 0.1) is 0 Å². The highest BCUT2D eigenvalue weighted by molar-refractivity contribution is 5.94. The molecule has 1 aromatic carbocycles. The van der Waals surface area contributed by atoms with Gasteiger partial charge >= 0.3 is 6.03 Å². The van der Waals surface area contributed by atoms with Crippen LogP contribution in [0, 0.1) is 5.92 Å². The quantitative estimate of drug-likeness (QED) is 0.868. The summed E-state index contributed by atoms with van der Waals surface area (Å²) in [5.74, 6) is 0.326. The van der Waals surface area contributed by atoms with E-state index >= 15 is 0 Å². The SMILES string of the molecule is CC[C@H]1CCCCN1C(=O)NCc1ccc(NC(=O)C2CC2)cc1. The molecule has 5 nitrogen and oxygen atoms in total. The summed E-state index contributed by atoms with van der Waals surface area (Å²) in [6.45, 7) is 3.52. The van der Waals surface area contributed by atoms with Gasteiger partial charge in [0, 0.05) is 30.7 Å². The Labute approximate surface area is 143 Å². The molecule has 1 saturated carbocycles. The highest BCUT2D eigenvalue weighted by Gasteiger charge is 2.29. The minimum atomic E-state index is 0.0349. The van der Waals surface area contributed by atoms with Crippen LogP contribution in [-0.4, -0.2) is 29.4 Å². The Hall–Kier alpha value is -2.04. The molecule has 1 aliphatic carbocycles. The minimum absolute atomic E-state index is 0.0349. The van der Waals surface area contributed by atoms with Crippen LogP contribution in [-0.2, 0) is 11.3 Å². The third-order valence-electron chi connectivity index (χ3n) is 4.97. The number of hydrogen-bond acceptors (Lipinski definition) is 2. The van der Waals surface area contributed by atoms with E-state index in [1.54, 1.807) is 0 Å². The maximum absolute atomic E-state index is 12.4. The highest BCUT2D eigenvalue weighted by Crippen LogP contribution is 2.30. The van der Waals surface area contributed by atoms with Crippen LogP contribution < -0.4 is 10.6 Å². The molecule has 0 unspecified atom stereocenters. The predicted octanol–water partition coefficient (Wildman–Crippen LogP) is 3.51. The van der Waals surface area contributed by atoms with Crippen LogP contribution in [0.2, 0.25) is 0 Å². The van der Waals surface area contributed by atoms with Gasteiger partial charge in [-0.1, -0.05) is 19.1 Å². The van der Waals surface area contributed by atoms with Gasteiger partial charge in [0.25, 0.3) is 0 Å². The number of benzene rings is 1. The van der Waals surface area contributed by atoms with Gasteiger partial charge in [0.15, 0.2) is 0 Å². The summed E-state index contributed by atoms with van der Waals surface area (Å²) in [6, 6.07) is 8.12. The Morgan fingerprint density at radius 3 is 2.54 bits per heavy atom. The minimum Gasteiger partial charge on any atom is -0.334 e. The number of nitrogens with zero attached hydrogens (tertiary/aromatic N) is 1. The zero-order valence-corrected chi connectivity index (χ0v) is 14.4. The summed E-state index contributed by atoms with van der Waals surface area (Å²) < 4.78 is 0. The third kappa shape index (κ3) is 4.28. The van der Waals surface area contributed by atoms with Crippen molar-refractivity contribution in [3.8, 4) is 0 Å². The summed E-state index contributed by atoms with van der Waals surface area (Å²) in [5, 5.41) is 5.95. The molecule has 1 heterocycles. The number of urea groups is 1. The summed E-state index contributed by atoms with van der Waals surface area (Å²) in [6.07, 6.45) is 6.45. The second-order valence-corrected chi connectivity index (χ2v) is 6.87. The standard InChI is InChI=1S/C19H27N3O2/c1-2-17-5-3-4-12-22(17)19(24)20-13-14-6-10-16(11-7-14)21-18(23)15-8-9-15/h6-7,10-11,15,17H,2-5,8-9,12-13H2,1H3,(H,20,24)(H,21,23)/t17-/m0/s1. The summed E-state index contributed by atoms with van der Waals surface area (Å²) in [4.78, 5) is 26.1. The predicted molar refractivity (Wildman–Crippen MR) is 94.7 cm³/mol. The van der Waals surface area contributed by atoms with Crippen molar-refractivity contribution < 1.29 is 9.59 Å². The number of carbonyl (C=O) groups is 2. The second kappa shape index (κ2) is 7.69. The molecular formula is C19H27N3O2. The first kappa shape index (κ1) is 16.8. The van der Waals surface area contributed by atoms with E-state index in [0.717, 1.165) is 49.9 Å². The Kier molecular flexibility index (Phi) is 5.38. The van der Waals surface area contributed by atoms with Crippen LogP contribution in [0.4, 0.5) is 10.5 Å². The average Bonchev–Trinajstić information content (AvgIpc) is 3.46. The van der Waals surface area contributed by atoms with Crippen molar-refractivity contribution in [2.75, 3.05) is 11.9 Å². The molecular weight excluding hydrogens is 302 g/mol. The van der Waals surface area contributed by atoms with Crippen LogP contribution in [0.1, 0.15) is 51.0 Å². The first-order valence-electron chi connectivity index (χ1n) is 9.11. The summed E-state index contributed by atoms with van der Waals surface area (Å²) >= 11 is 0. The maximum Gasteiger partial charge on any atom is 0.317 e. The molecule has 1 saturated heterocycles. The number of anilines is 1. The molecule has 2 aliphatic rings. The molecule has 2 N–H and O–H groups in total. The van der Waals surface area contributed by atoms with Crippen molar-refractivity contribution in [2.45, 2.75) is 58.0 Å². The Morgan fingerprint density at radius 1 is 1.12 bits per heavy atom. The van der Waals surface area contributed by atoms with Crippen molar-refractivity contribution in [3.05, 3.63) is 29.8 Å². The number of hydrogen-bond donors (Lipinski definition) is 2. The first-order valence-corrected chi connectivity index (χ1v) is 9.11. The molecule has 130 valence electrons. The number of piperidine rings is 1. The highest BCUT2D eigenvalue weighted by atomic mass is 16.2. The van der Waals surface area contributed by atoms with Gasteiger partial charge in [-0.05, 0) is 56.2 Å². The lowest BCUT2D eigenvalue weighted by atomic mass is 10.0. The molecule has 1 aromatic rings. The van der Waals surface area contributed by atoms with Gasteiger partial charge in [-0.3, -0.25) is 4.79 Å². The monoisotopic (exact) mass is 329 g/mol. The molecule has 24 heavy (non-hydrogen) atoms. The van der Waals surface area contributed by atoms with E-state index in [1.165, 1.54) is 6.42 Å². The molecule has 3 amide bonds. The van der Waals surface area contributed by atoms with E-state index < -0.39 is 0 Å². The van der Waals surface area contributed by atoms with Crippen LogP contribution in [0.5, 0.6) is 0 Å². The normalized spacial score (nSPS) is 20.5. The van der Waals surface area contributed by atoms with E-state index in [9.17, 15) is 9.59 Å². The second-order valence-electron chi connectivity index (χ2n) is 6.87. The van der Waals surface area contributed by atoms with E-state index in [4.69, 9.17) is 0 Å². The molecule has 1 aliphatic heterocycles. The van der Waals surface area contributed by atoms with Crippen LogP contribution in [0.3, 0.4) is 0 Å². The topological polar surface area (TPSA) is 61.4 Å². The number of amides is 3. The van der Waals surface area contributed by atoms with Gasteiger partial charge in [0.1, 0.15) is 0 Å². The number of likely N-dealkylation sites (tertiary alicyclic amines) is 1. The van der Waals surface area contributed by atoms with E-state index in [1.807, 2.05) is 29.2 Å². The zero-order valence-electron chi connectivity index (χ0n) is 14.4.